The van der Waals surface area contributed by atoms with Crippen LogP contribution < -0.4 is 15.5 Å². The van der Waals surface area contributed by atoms with Gasteiger partial charge in [0.05, 0.1) is 11.4 Å². The highest BCUT2D eigenvalue weighted by molar-refractivity contribution is 5.97. The molecule has 1 saturated heterocycles. The first-order valence-corrected chi connectivity index (χ1v) is 9.93. The third-order valence-electron chi connectivity index (χ3n) is 5.39. The number of hydrogen-bond acceptors (Lipinski definition) is 4. The molecule has 1 aromatic heterocycles. The number of H-pyrrole nitrogens is 1. The van der Waals surface area contributed by atoms with E-state index in [1.807, 2.05) is 36.4 Å². The van der Waals surface area contributed by atoms with Crippen molar-refractivity contribution in [2.24, 2.45) is 5.73 Å². The molecule has 0 aliphatic carbocycles. The van der Waals surface area contributed by atoms with Gasteiger partial charge in [0, 0.05) is 43.5 Å². The number of anilines is 3. The Morgan fingerprint density at radius 2 is 1.76 bits per heavy atom. The molecule has 3 aromatic rings. The normalized spacial score (nSPS) is 14.7. The van der Waals surface area contributed by atoms with E-state index in [4.69, 9.17) is 5.73 Å². The summed E-state index contributed by atoms with van der Waals surface area (Å²) in [5.74, 6) is 0.540. The number of hydrogen-bond donors (Lipinski definition) is 2. The van der Waals surface area contributed by atoms with Gasteiger partial charge in [0.15, 0.2) is 0 Å². The number of piperazine rings is 1. The van der Waals surface area contributed by atoms with Crippen molar-refractivity contribution in [2.45, 2.75) is 6.92 Å². The average molecular weight is 390 g/mol. The predicted molar refractivity (Wildman–Crippen MR) is 117 cm³/mol. The first kappa shape index (κ1) is 19.0. The summed E-state index contributed by atoms with van der Waals surface area (Å²) >= 11 is 0. The van der Waals surface area contributed by atoms with Crippen molar-refractivity contribution in [1.82, 2.24) is 15.1 Å². The van der Waals surface area contributed by atoms with Crippen LogP contribution >= 0.6 is 0 Å². The van der Waals surface area contributed by atoms with Gasteiger partial charge in [-0.25, -0.2) is 9.69 Å². The number of urea groups is 1. The van der Waals surface area contributed by atoms with E-state index in [0.29, 0.717) is 11.5 Å². The topological polar surface area (TPSA) is 81.5 Å². The van der Waals surface area contributed by atoms with Crippen LogP contribution in [0.3, 0.4) is 0 Å². The molecular weight excluding hydrogens is 364 g/mol. The summed E-state index contributed by atoms with van der Waals surface area (Å²) in [4.78, 5) is 18.3. The Labute approximate surface area is 170 Å². The highest BCUT2D eigenvalue weighted by atomic mass is 16.2. The van der Waals surface area contributed by atoms with Gasteiger partial charge in [-0.1, -0.05) is 37.3 Å². The summed E-state index contributed by atoms with van der Waals surface area (Å²) in [5, 5.41) is 7.32. The monoisotopic (exact) mass is 390 g/mol. The molecule has 7 nitrogen and oxygen atoms in total. The number of nitrogens with zero attached hydrogens (tertiary/aromatic N) is 4. The number of aromatic amines is 1. The lowest BCUT2D eigenvalue weighted by molar-refractivity contribution is 0.256. The fraction of sp³-hybridized carbons (Fsp3) is 0.273. The lowest BCUT2D eigenvalue weighted by atomic mass is 10.1. The predicted octanol–water partition coefficient (Wildman–Crippen LogP) is 3.44. The van der Waals surface area contributed by atoms with E-state index in [0.717, 1.165) is 44.0 Å². The maximum absolute atomic E-state index is 12.0. The molecule has 2 aromatic carbocycles. The van der Waals surface area contributed by atoms with Gasteiger partial charge in [0.1, 0.15) is 5.82 Å². The van der Waals surface area contributed by atoms with E-state index in [1.54, 1.807) is 0 Å². The third kappa shape index (κ3) is 4.09. The standard InChI is InChI=1S/C22H26N6O/c1-2-26-12-14-27(15-13-26)18-10-8-17(9-11-18)20-16-21(25-24-20)28(22(23)29)19-6-4-3-5-7-19/h3-11,16H,2,12-15H2,1H3,(H2,23,29)(H,24,25). The summed E-state index contributed by atoms with van der Waals surface area (Å²) in [6, 6.07) is 19.0. The molecule has 0 saturated carbocycles. The van der Waals surface area contributed by atoms with Gasteiger partial charge < -0.3 is 15.5 Å². The molecular formula is C22H26N6O. The number of aromatic nitrogens is 2. The summed E-state index contributed by atoms with van der Waals surface area (Å²) in [5.41, 5.74) is 9.27. The fourth-order valence-electron chi connectivity index (χ4n) is 3.70. The Hall–Kier alpha value is -3.32. The second kappa shape index (κ2) is 8.36. The van der Waals surface area contributed by atoms with Crippen molar-refractivity contribution in [2.75, 3.05) is 42.5 Å². The van der Waals surface area contributed by atoms with Crippen molar-refractivity contribution in [1.29, 1.82) is 0 Å². The zero-order valence-corrected chi connectivity index (χ0v) is 16.6. The zero-order chi connectivity index (χ0) is 20.2. The summed E-state index contributed by atoms with van der Waals surface area (Å²) in [6.45, 7) is 7.61. The largest absolute Gasteiger partial charge is 0.369 e. The summed E-state index contributed by atoms with van der Waals surface area (Å²) < 4.78 is 0. The van der Waals surface area contributed by atoms with Crippen LogP contribution in [0.25, 0.3) is 11.3 Å². The molecule has 0 unspecified atom stereocenters. The van der Waals surface area contributed by atoms with E-state index >= 15 is 0 Å². The zero-order valence-electron chi connectivity index (χ0n) is 16.6. The Morgan fingerprint density at radius 3 is 2.38 bits per heavy atom. The number of benzene rings is 2. The minimum absolute atomic E-state index is 0.540. The van der Waals surface area contributed by atoms with Crippen molar-refractivity contribution >= 4 is 23.2 Å². The van der Waals surface area contributed by atoms with Crippen LogP contribution in [0, 0.1) is 0 Å². The van der Waals surface area contributed by atoms with Gasteiger partial charge in [-0.05, 0) is 30.8 Å². The Morgan fingerprint density at radius 1 is 1.07 bits per heavy atom. The quantitative estimate of drug-likeness (QED) is 0.699. The van der Waals surface area contributed by atoms with Gasteiger partial charge in [-0.3, -0.25) is 5.10 Å². The molecule has 2 heterocycles. The molecule has 0 radical (unpaired) electrons. The lowest BCUT2D eigenvalue weighted by Crippen LogP contribution is -2.46. The molecule has 0 atom stereocenters. The SMILES string of the molecule is CCN1CCN(c2ccc(-c3cc(N(C(N)=O)c4ccccc4)[nH]n3)cc2)CC1. The first-order valence-electron chi connectivity index (χ1n) is 9.93. The lowest BCUT2D eigenvalue weighted by Gasteiger charge is -2.35. The maximum Gasteiger partial charge on any atom is 0.325 e. The highest BCUT2D eigenvalue weighted by Crippen LogP contribution is 2.28. The van der Waals surface area contributed by atoms with Crippen LogP contribution in [0.5, 0.6) is 0 Å². The number of amides is 2. The number of nitrogens with one attached hydrogen (secondary N) is 1. The summed E-state index contributed by atoms with van der Waals surface area (Å²) in [6.07, 6.45) is 0. The minimum Gasteiger partial charge on any atom is -0.369 e. The Balaban J connectivity index is 1.51. The van der Waals surface area contributed by atoms with Crippen LogP contribution in [-0.4, -0.2) is 53.9 Å². The molecule has 4 rings (SSSR count). The van der Waals surface area contributed by atoms with E-state index in [-0.39, 0.29) is 0 Å². The summed E-state index contributed by atoms with van der Waals surface area (Å²) in [7, 11) is 0. The number of carbonyl (C=O) groups is 1. The smallest absolute Gasteiger partial charge is 0.325 e. The van der Waals surface area contributed by atoms with Crippen molar-refractivity contribution < 1.29 is 4.79 Å². The van der Waals surface area contributed by atoms with Gasteiger partial charge in [-0.15, -0.1) is 0 Å². The number of rotatable bonds is 5. The molecule has 1 aliphatic rings. The van der Waals surface area contributed by atoms with Crippen molar-refractivity contribution in [3.8, 4) is 11.3 Å². The van der Waals surface area contributed by atoms with E-state index in [2.05, 4.69) is 51.2 Å². The highest BCUT2D eigenvalue weighted by Gasteiger charge is 2.19. The molecule has 3 N–H and O–H groups in total. The fourth-order valence-corrected chi connectivity index (χ4v) is 3.70. The van der Waals surface area contributed by atoms with Crippen LogP contribution in [0.15, 0.2) is 60.7 Å². The maximum atomic E-state index is 12.0. The molecule has 1 fully saturated rings. The first-order chi connectivity index (χ1) is 14.2. The van der Waals surface area contributed by atoms with Gasteiger partial charge in [-0.2, -0.15) is 5.10 Å². The number of primary amides is 1. The van der Waals surface area contributed by atoms with Crippen molar-refractivity contribution in [3.63, 3.8) is 0 Å². The molecule has 0 bridgehead atoms. The van der Waals surface area contributed by atoms with Crippen LogP contribution in [0.1, 0.15) is 6.92 Å². The second-order valence-electron chi connectivity index (χ2n) is 7.12. The number of para-hydroxylation sites is 1. The van der Waals surface area contributed by atoms with E-state index < -0.39 is 6.03 Å². The number of likely N-dealkylation sites (N-methyl/N-ethyl adjacent to an activating group) is 1. The minimum atomic E-state index is -0.562. The molecule has 1 aliphatic heterocycles. The second-order valence-corrected chi connectivity index (χ2v) is 7.12. The van der Waals surface area contributed by atoms with Crippen LogP contribution in [0.4, 0.5) is 22.0 Å². The third-order valence-corrected chi connectivity index (χ3v) is 5.39. The average Bonchev–Trinajstić information content (AvgIpc) is 3.24. The van der Waals surface area contributed by atoms with E-state index in [1.165, 1.54) is 10.6 Å². The van der Waals surface area contributed by atoms with Gasteiger partial charge >= 0.3 is 6.03 Å². The molecule has 7 heteroatoms. The van der Waals surface area contributed by atoms with Gasteiger partial charge in [0.25, 0.3) is 0 Å². The van der Waals surface area contributed by atoms with Crippen LogP contribution in [-0.2, 0) is 0 Å². The Bertz CT molecular complexity index is 945. The number of nitrogens with two attached hydrogens (primary N) is 1. The molecule has 29 heavy (non-hydrogen) atoms. The van der Waals surface area contributed by atoms with E-state index in [9.17, 15) is 4.79 Å². The molecule has 150 valence electrons. The van der Waals surface area contributed by atoms with Crippen molar-refractivity contribution in [3.05, 3.63) is 60.7 Å². The van der Waals surface area contributed by atoms with Crippen LogP contribution in [0.2, 0.25) is 0 Å². The Kier molecular flexibility index (Phi) is 5.48. The molecule has 0 spiro atoms. The number of carbonyl (C=O) groups excluding carboxylic acids is 1. The molecule has 2 amide bonds. The van der Waals surface area contributed by atoms with Gasteiger partial charge in [0.2, 0.25) is 0 Å².